The molecule has 0 amide bonds. The van der Waals surface area contributed by atoms with E-state index >= 15 is 0 Å². The Labute approximate surface area is 247 Å². The number of halogens is 2. The van der Waals surface area contributed by atoms with Gasteiger partial charge in [-0.25, -0.2) is 15.5 Å². The van der Waals surface area contributed by atoms with Crippen LogP contribution in [0.15, 0.2) is 57.5 Å². The van der Waals surface area contributed by atoms with Crippen LogP contribution in [0.1, 0.15) is 55.4 Å². The number of rotatable bonds is 9. The Morgan fingerprint density at radius 2 is 1.05 bits per heavy atom. The van der Waals surface area contributed by atoms with Gasteiger partial charge in [0.25, 0.3) is 0 Å². The lowest BCUT2D eigenvalue weighted by atomic mass is 10.1. The van der Waals surface area contributed by atoms with Gasteiger partial charge in [-0.15, -0.1) is 0 Å². The van der Waals surface area contributed by atoms with Crippen LogP contribution >= 0.6 is 31.9 Å². The lowest BCUT2D eigenvalue weighted by molar-refractivity contribution is -0.186. The molecule has 2 aromatic rings. The van der Waals surface area contributed by atoms with Crippen molar-refractivity contribution in [1.29, 1.82) is 0 Å². The second-order valence-electron chi connectivity index (χ2n) is 11.1. The molecule has 0 radical (unpaired) electrons. The Balaban J connectivity index is 0.000000391. The monoisotopic (exact) mass is 675 g/mol. The summed E-state index contributed by atoms with van der Waals surface area (Å²) in [6.45, 7) is 13.3. The molecule has 0 spiro atoms. The normalized spacial score (nSPS) is 14.6. The fourth-order valence-corrected chi connectivity index (χ4v) is 3.01. The van der Waals surface area contributed by atoms with E-state index in [1.54, 1.807) is 65.8 Å². The molecule has 218 valence electrons. The molecular formula is C28H39Br2NO8. The average Bonchev–Trinajstić information content (AvgIpc) is 2.81. The molecule has 3 N–H and O–H groups in total. The van der Waals surface area contributed by atoms with Crippen LogP contribution in [0.3, 0.4) is 0 Å². The Bertz CT molecular complexity index is 1060. The van der Waals surface area contributed by atoms with Gasteiger partial charge in [0.2, 0.25) is 5.60 Å². The molecule has 2 aromatic carbocycles. The second kappa shape index (κ2) is 14.5. The van der Waals surface area contributed by atoms with E-state index in [0.717, 1.165) is 8.95 Å². The summed E-state index contributed by atoms with van der Waals surface area (Å²) in [6, 6.07) is 14.3. The van der Waals surface area contributed by atoms with E-state index in [2.05, 4.69) is 31.9 Å². The standard InChI is InChI=1S/C14H20BrNO4.C14H19BrO4/c1-13(2,3)19-12(17)14(4,20-16)9-18-11-7-5-10(15)6-8-11;1-13(2,3)19-12(16)14(4,17)9-18-11-7-5-10(15)6-8-11/h5-8H,9,16H2,1-4H3;5-8,17H,9H2,1-4H3. The third-order valence-electron chi connectivity index (χ3n) is 4.59. The highest BCUT2D eigenvalue weighted by atomic mass is 79.9. The minimum absolute atomic E-state index is 0.0416. The highest BCUT2D eigenvalue weighted by Crippen LogP contribution is 2.22. The summed E-state index contributed by atoms with van der Waals surface area (Å²) in [6.07, 6.45) is 0. The lowest BCUT2D eigenvalue weighted by Gasteiger charge is -2.29. The summed E-state index contributed by atoms with van der Waals surface area (Å²) in [5, 5.41) is 10.1. The molecule has 2 rings (SSSR count). The van der Waals surface area contributed by atoms with Crippen molar-refractivity contribution < 1.29 is 38.5 Å². The summed E-state index contributed by atoms with van der Waals surface area (Å²) >= 11 is 6.64. The maximum atomic E-state index is 12.1. The molecule has 2 atom stereocenters. The number of esters is 2. The molecule has 39 heavy (non-hydrogen) atoms. The van der Waals surface area contributed by atoms with Crippen LogP contribution < -0.4 is 15.4 Å². The quantitative estimate of drug-likeness (QED) is 0.253. The SMILES string of the molecule is CC(C)(C)OC(=O)C(C)(COc1ccc(Br)cc1)ON.CC(C)(C)OC(=O)C(C)(O)COc1ccc(Br)cc1. The summed E-state index contributed by atoms with van der Waals surface area (Å²) in [5.41, 5.74) is -4.30. The minimum Gasteiger partial charge on any atom is -0.490 e. The molecule has 0 aliphatic carbocycles. The largest absolute Gasteiger partial charge is 0.490 e. The van der Waals surface area contributed by atoms with Gasteiger partial charge < -0.3 is 24.1 Å². The van der Waals surface area contributed by atoms with Crippen molar-refractivity contribution in [1.82, 2.24) is 0 Å². The molecule has 0 aromatic heterocycles. The molecule has 0 fully saturated rings. The van der Waals surface area contributed by atoms with Crippen LogP contribution in [0, 0.1) is 0 Å². The Hall–Kier alpha value is -2.18. The first-order chi connectivity index (χ1) is 17.8. The number of benzene rings is 2. The first-order valence-electron chi connectivity index (χ1n) is 12.1. The fourth-order valence-electron chi connectivity index (χ4n) is 2.48. The number of ether oxygens (including phenoxy) is 4. The van der Waals surface area contributed by atoms with Crippen molar-refractivity contribution in [3.05, 3.63) is 57.5 Å². The average molecular weight is 677 g/mol. The molecule has 2 unspecified atom stereocenters. The van der Waals surface area contributed by atoms with Crippen molar-refractivity contribution in [3.8, 4) is 11.5 Å². The number of carbonyl (C=O) groups excluding carboxylic acids is 2. The van der Waals surface area contributed by atoms with Gasteiger partial charge in [0.1, 0.15) is 35.9 Å². The van der Waals surface area contributed by atoms with Gasteiger partial charge in [-0.2, -0.15) is 0 Å². The van der Waals surface area contributed by atoms with Gasteiger partial charge in [-0.3, -0.25) is 4.84 Å². The Morgan fingerprint density at radius 3 is 1.41 bits per heavy atom. The number of aliphatic hydroxyl groups is 1. The van der Waals surface area contributed by atoms with Crippen LogP contribution in [-0.4, -0.2) is 52.7 Å². The Kier molecular flexibility index (Phi) is 12.9. The lowest BCUT2D eigenvalue weighted by Crippen LogP contribution is -2.49. The van der Waals surface area contributed by atoms with Crippen LogP contribution in [0.4, 0.5) is 0 Å². The van der Waals surface area contributed by atoms with Crippen LogP contribution in [0.2, 0.25) is 0 Å². The molecule has 9 nitrogen and oxygen atoms in total. The minimum atomic E-state index is -1.68. The van der Waals surface area contributed by atoms with Gasteiger partial charge in [-0.1, -0.05) is 31.9 Å². The first kappa shape index (κ1) is 34.8. The van der Waals surface area contributed by atoms with E-state index in [9.17, 15) is 14.7 Å². The van der Waals surface area contributed by atoms with E-state index in [1.165, 1.54) is 13.8 Å². The highest BCUT2D eigenvalue weighted by molar-refractivity contribution is 9.10. The first-order valence-corrected chi connectivity index (χ1v) is 13.7. The fraction of sp³-hybridized carbons (Fsp3) is 0.500. The zero-order valence-corrected chi connectivity index (χ0v) is 26.8. The van der Waals surface area contributed by atoms with Gasteiger partial charge in [0.15, 0.2) is 5.60 Å². The van der Waals surface area contributed by atoms with E-state index in [4.69, 9.17) is 29.7 Å². The van der Waals surface area contributed by atoms with Crippen LogP contribution in [0.5, 0.6) is 11.5 Å². The van der Waals surface area contributed by atoms with E-state index in [0.29, 0.717) is 11.5 Å². The summed E-state index contributed by atoms with van der Waals surface area (Å²) in [7, 11) is 0. The predicted octanol–water partition coefficient (Wildman–Crippen LogP) is 5.74. The van der Waals surface area contributed by atoms with Crippen LogP contribution in [-0.2, 0) is 23.9 Å². The topological polar surface area (TPSA) is 127 Å². The van der Waals surface area contributed by atoms with Gasteiger partial charge >= 0.3 is 11.9 Å². The van der Waals surface area contributed by atoms with E-state index < -0.39 is 34.3 Å². The van der Waals surface area contributed by atoms with Gasteiger partial charge in [0, 0.05) is 8.95 Å². The molecule has 0 aliphatic rings. The zero-order chi connectivity index (χ0) is 30.1. The van der Waals surface area contributed by atoms with Gasteiger partial charge in [0.05, 0.1) is 0 Å². The summed E-state index contributed by atoms with van der Waals surface area (Å²) < 4.78 is 23.2. The number of hydrogen-bond acceptors (Lipinski definition) is 9. The highest BCUT2D eigenvalue weighted by Gasteiger charge is 2.39. The molecule has 0 aliphatic heterocycles. The third kappa shape index (κ3) is 13.6. The van der Waals surface area contributed by atoms with E-state index in [1.807, 2.05) is 24.3 Å². The molecule has 0 saturated heterocycles. The molecular weight excluding hydrogens is 638 g/mol. The predicted molar refractivity (Wildman–Crippen MR) is 155 cm³/mol. The smallest absolute Gasteiger partial charge is 0.344 e. The van der Waals surface area contributed by atoms with Crippen molar-refractivity contribution in [2.45, 2.75) is 77.8 Å². The number of carbonyl (C=O) groups is 2. The molecule has 0 saturated carbocycles. The van der Waals surface area contributed by atoms with E-state index in [-0.39, 0.29) is 13.2 Å². The zero-order valence-electron chi connectivity index (χ0n) is 23.7. The third-order valence-corrected chi connectivity index (χ3v) is 5.65. The Morgan fingerprint density at radius 1 is 0.692 bits per heavy atom. The number of nitrogens with two attached hydrogens (primary N) is 1. The molecule has 0 heterocycles. The van der Waals surface area contributed by atoms with Crippen LogP contribution in [0.25, 0.3) is 0 Å². The molecule has 11 heteroatoms. The second-order valence-corrected chi connectivity index (χ2v) is 12.9. The van der Waals surface area contributed by atoms with Gasteiger partial charge in [-0.05, 0) is 104 Å². The molecule has 0 bridgehead atoms. The maximum absolute atomic E-state index is 12.1. The summed E-state index contributed by atoms with van der Waals surface area (Å²) in [5.74, 6) is 5.15. The van der Waals surface area contributed by atoms with Crippen molar-refractivity contribution in [2.24, 2.45) is 5.90 Å². The van der Waals surface area contributed by atoms with Crippen molar-refractivity contribution in [3.63, 3.8) is 0 Å². The maximum Gasteiger partial charge on any atom is 0.344 e. The van der Waals surface area contributed by atoms with Crippen molar-refractivity contribution >= 4 is 43.8 Å². The number of hydrogen-bond donors (Lipinski definition) is 2. The summed E-state index contributed by atoms with van der Waals surface area (Å²) in [4.78, 5) is 28.7. The van der Waals surface area contributed by atoms with Crippen molar-refractivity contribution in [2.75, 3.05) is 13.2 Å².